The molecule has 23 heavy (non-hydrogen) atoms. The van der Waals surface area contributed by atoms with Crippen LogP contribution in [-0.2, 0) is 4.79 Å². The van der Waals surface area contributed by atoms with Gasteiger partial charge in [0.1, 0.15) is 5.56 Å². The number of nitrogens with zero attached hydrogens (tertiary/aromatic N) is 1. The van der Waals surface area contributed by atoms with Crippen molar-refractivity contribution in [1.82, 2.24) is 4.98 Å². The smallest absolute Gasteiger partial charge is 0.261 e. The van der Waals surface area contributed by atoms with Crippen LogP contribution in [0.15, 0.2) is 47.4 Å². The molecule has 0 radical (unpaired) electrons. The molecule has 1 fully saturated rings. The minimum absolute atomic E-state index is 0.0481. The van der Waals surface area contributed by atoms with Crippen LogP contribution in [0.5, 0.6) is 0 Å². The molecule has 0 atom stereocenters. The topological polar surface area (TPSA) is 82.3 Å². The van der Waals surface area contributed by atoms with Crippen LogP contribution >= 0.6 is 0 Å². The van der Waals surface area contributed by atoms with Gasteiger partial charge in [-0.05, 0) is 43.2 Å². The van der Waals surface area contributed by atoms with E-state index in [0.717, 1.165) is 18.5 Å². The molecule has 0 unspecified atom stereocenters. The Morgan fingerprint density at radius 2 is 2.00 bits per heavy atom. The average Bonchev–Trinajstić information content (AvgIpc) is 2.56. The fourth-order valence-electron chi connectivity index (χ4n) is 2.63. The summed E-state index contributed by atoms with van der Waals surface area (Å²) < 4.78 is 0. The Bertz CT molecular complexity index is 797. The number of carbonyl (C=O) groups is 2. The van der Waals surface area contributed by atoms with Crippen molar-refractivity contribution in [1.29, 1.82) is 0 Å². The molecule has 0 saturated carbocycles. The van der Waals surface area contributed by atoms with Crippen molar-refractivity contribution in [2.75, 3.05) is 16.8 Å². The molecule has 2 aromatic rings. The number of hydrogen-bond donors (Lipinski definition) is 2. The fraction of sp³-hybridized carbons (Fsp3) is 0.235. The summed E-state index contributed by atoms with van der Waals surface area (Å²) in [5.74, 6) is -0.381. The van der Waals surface area contributed by atoms with E-state index in [9.17, 15) is 14.4 Å². The van der Waals surface area contributed by atoms with E-state index in [4.69, 9.17) is 0 Å². The highest BCUT2D eigenvalue weighted by atomic mass is 16.2. The van der Waals surface area contributed by atoms with Gasteiger partial charge in [0.2, 0.25) is 5.91 Å². The molecule has 2 N–H and O–H groups in total. The van der Waals surface area contributed by atoms with Gasteiger partial charge in [-0.25, -0.2) is 0 Å². The van der Waals surface area contributed by atoms with Gasteiger partial charge < -0.3 is 15.2 Å². The lowest BCUT2D eigenvalue weighted by Gasteiger charge is -2.27. The Morgan fingerprint density at radius 1 is 1.13 bits per heavy atom. The van der Waals surface area contributed by atoms with Crippen molar-refractivity contribution in [3.63, 3.8) is 0 Å². The highest BCUT2D eigenvalue weighted by Gasteiger charge is 2.20. The molecule has 1 saturated heterocycles. The number of H-pyrrole nitrogens is 1. The van der Waals surface area contributed by atoms with Crippen LogP contribution < -0.4 is 15.8 Å². The van der Waals surface area contributed by atoms with Crippen LogP contribution in [0.1, 0.15) is 29.6 Å². The molecule has 1 aliphatic heterocycles. The van der Waals surface area contributed by atoms with Gasteiger partial charge in [-0.15, -0.1) is 0 Å². The lowest BCUT2D eigenvalue weighted by Crippen LogP contribution is -2.35. The summed E-state index contributed by atoms with van der Waals surface area (Å²) in [6, 6.07) is 10.2. The summed E-state index contributed by atoms with van der Waals surface area (Å²) >= 11 is 0. The molecule has 6 nitrogen and oxygen atoms in total. The van der Waals surface area contributed by atoms with Gasteiger partial charge in [-0.1, -0.05) is 6.07 Å². The van der Waals surface area contributed by atoms with Crippen molar-refractivity contribution >= 4 is 23.2 Å². The average molecular weight is 311 g/mol. The van der Waals surface area contributed by atoms with E-state index in [1.807, 2.05) is 6.07 Å². The summed E-state index contributed by atoms with van der Waals surface area (Å²) in [5.41, 5.74) is 0.919. The summed E-state index contributed by atoms with van der Waals surface area (Å²) in [4.78, 5) is 40.0. The Hall–Kier alpha value is -2.89. The zero-order chi connectivity index (χ0) is 16.2. The summed E-state index contributed by atoms with van der Waals surface area (Å²) in [6.07, 6.45) is 3.92. The van der Waals surface area contributed by atoms with Gasteiger partial charge in [-0.3, -0.25) is 14.4 Å². The summed E-state index contributed by atoms with van der Waals surface area (Å²) in [6.45, 7) is 0.689. The van der Waals surface area contributed by atoms with E-state index in [1.165, 1.54) is 12.3 Å². The number of nitrogens with one attached hydrogen (secondary N) is 2. The monoisotopic (exact) mass is 311 g/mol. The van der Waals surface area contributed by atoms with Crippen molar-refractivity contribution in [3.05, 3.63) is 58.5 Å². The maximum atomic E-state index is 12.2. The van der Waals surface area contributed by atoms with Crippen LogP contribution in [0.3, 0.4) is 0 Å². The Kier molecular flexibility index (Phi) is 4.23. The second-order valence-corrected chi connectivity index (χ2v) is 5.42. The Labute approximate surface area is 133 Å². The molecule has 1 aromatic carbocycles. The number of aromatic amines is 1. The van der Waals surface area contributed by atoms with Crippen LogP contribution in [0.4, 0.5) is 11.4 Å². The highest BCUT2D eigenvalue weighted by molar-refractivity contribution is 6.04. The van der Waals surface area contributed by atoms with E-state index in [-0.39, 0.29) is 11.5 Å². The zero-order valence-corrected chi connectivity index (χ0v) is 12.5. The first-order valence-corrected chi connectivity index (χ1v) is 7.54. The molecule has 0 aliphatic carbocycles. The van der Waals surface area contributed by atoms with Crippen molar-refractivity contribution in [2.24, 2.45) is 0 Å². The molecule has 0 spiro atoms. The van der Waals surface area contributed by atoms with Crippen LogP contribution in [0.2, 0.25) is 0 Å². The van der Waals surface area contributed by atoms with Gasteiger partial charge in [0.25, 0.3) is 11.5 Å². The first-order chi connectivity index (χ1) is 11.1. The molecule has 1 aliphatic rings. The summed E-state index contributed by atoms with van der Waals surface area (Å²) in [7, 11) is 0. The third-order valence-electron chi connectivity index (χ3n) is 3.80. The number of amides is 2. The number of rotatable bonds is 3. The van der Waals surface area contributed by atoms with Crippen LogP contribution in [0.25, 0.3) is 0 Å². The van der Waals surface area contributed by atoms with E-state index in [0.29, 0.717) is 18.7 Å². The van der Waals surface area contributed by atoms with E-state index in [2.05, 4.69) is 10.3 Å². The predicted octanol–water partition coefficient (Wildman–Crippen LogP) is 2.14. The van der Waals surface area contributed by atoms with Crippen molar-refractivity contribution < 1.29 is 9.59 Å². The van der Waals surface area contributed by atoms with Gasteiger partial charge in [0.05, 0.1) is 0 Å². The van der Waals surface area contributed by atoms with Crippen LogP contribution in [-0.4, -0.2) is 23.3 Å². The lowest BCUT2D eigenvalue weighted by atomic mass is 10.1. The summed E-state index contributed by atoms with van der Waals surface area (Å²) in [5, 5.41) is 2.70. The van der Waals surface area contributed by atoms with Crippen LogP contribution in [0, 0.1) is 0 Å². The predicted molar refractivity (Wildman–Crippen MR) is 87.7 cm³/mol. The minimum Gasteiger partial charge on any atom is -0.328 e. The number of hydrogen-bond acceptors (Lipinski definition) is 3. The largest absolute Gasteiger partial charge is 0.328 e. The van der Waals surface area contributed by atoms with E-state index < -0.39 is 11.5 Å². The second-order valence-electron chi connectivity index (χ2n) is 5.42. The van der Waals surface area contributed by atoms with Gasteiger partial charge >= 0.3 is 0 Å². The molecule has 1 aromatic heterocycles. The molecule has 2 heterocycles. The quantitative estimate of drug-likeness (QED) is 0.911. The molecule has 3 rings (SSSR count). The third-order valence-corrected chi connectivity index (χ3v) is 3.80. The molecule has 6 heteroatoms. The number of anilines is 2. The number of pyridine rings is 1. The normalized spacial score (nSPS) is 14.6. The number of piperidine rings is 1. The number of aromatic nitrogens is 1. The molecule has 118 valence electrons. The highest BCUT2D eigenvalue weighted by Crippen LogP contribution is 2.24. The molecule has 2 amide bonds. The standard InChI is InChI=1S/C17H17N3O3/c21-15-8-1-2-10-20(15)13-6-3-5-12(11-13)19-17(23)14-7-4-9-18-16(14)22/h3-7,9,11H,1-2,8,10H2,(H,18,22)(H,19,23). The zero-order valence-electron chi connectivity index (χ0n) is 12.5. The number of carbonyl (C=O) groups excluding carboxylic acids is 2. The SMILES string of the molecule is O=C(Nc1cccc(N2CCCCC2=O)c1)c1ccc[nH]c1=O. The first kappa shape index (κ1) is 15.0. The van der Waals surface area contributed by atoms with Gasteiger partial charge in [0.15, 0.2) is 0 Å². The molecular weight excluding hydrogens is 294 g/mol. The molecule has 0 bridgehead atoms. The Morgan fingerprint density at radius 3 is 2.78 bits per heavy atom. The van der Waals surface area contributed by atoms with E-state index in [1.54, 1.807) is 29.2 Å². The van der Waals surface area contributed by atoms with Crippen molar-refractivity contribution in [2.45, 2.75) is 19.3 Å². The lowest BCUT2D eigenvalue weighted by molar-refractivity contribution is -0.119. The maximum Gasteiger partial charge on any atom is 0.261 e. The van der Waals surface area contributed by atoms with Crippen molar-refractivity contribution in [3.8, 4) is 0 Å². The Balaban J connectivity index is 1.80. The second kappa shape index (κ2) is 6.48. The van der Waals surface area contributed by atoms with E-state index >= 15 is 0 Å². The number of benzene rings is 1. The van der Waals surface area contributed by atoms with Gasteiger partial charge in [-0.2, -0.15) is 0 Å². The maximum absolute atomic E-state index is 12.2. The third kappa shape index (κ3) is 3.31. The first-order valence-electron chi connectivity index (χ1n) is 7.54. The minimum atomic E-state index is -0.478. The fourth-order valence-corrected chi connectivity index (χ4v) is 2.63. The molecular formula is C17H17N3O3. The van der Waals surface area contributed by atoms with Gasteiger partial charge in [0, 0.05) is 30.5 Å².